The van der Waals surface area contributed by atoms with Crippen LogP contribution in [0.15, 0.2) is 36.5 Å². The van der Waals surface area contributed by atoms with Gasteiger partial charge in [0, 0.05) is 7.05 Å². The van der Waals surface area contributed by atoms with E-state index >= 15 is 0 Å². The third-order valence-electron chi connectivity index (χ3n) is 3.95. The molecule has 0 bridgehead atoms. The zero-order valence-corrected chi connectivity index (χ0v) is 14.5. The molecule has 0 atom stereocenters. The molecule has 0 aliphatic rings. The van der Waals surface area contributed by atoms with Gasteiger partial charge in [0.15, 0.2) is 0 Å². The third-order valence-corrected chi connectivity index (χ3v) is 4.26. The minimum Gasteiger partial charge on any atom is -0.346 e. The van der Waals surface area contributed by atoms with Crippen LogP contribution < -0.4 is 5.32 Å². The van der Waals surface area contributed by atoms with Gasteiger partial charge >= 0.3 is 0 Å². The maximum absolute atomic E-state index is 12.6. The van der Waals surface area contributed by atoms with Crippen molar-refractivity contribution in [1.29, 1.82) is 0 Å². The first-order chi connectivity index (χ1) is 11.5. The predicted octanol–water partition coefficient (Wildman–Crippen LogP) is 2.81. The number of benzene rings is 1. The molecule has 24 heavy (non-hydrogen) atoms. The lowest BCUT2D eigenvalue weighted by molar-refractivity contribution is 0.0949. The highest BCUT2D eigenvalue weighted by atomic mass is 35.5. The summed E-state index contributed by atoms with van der Waals surface area (Å²) in [6.45, 7) is 4.03. The second-order valence-corrected chi connectivity index (χ2v) is 5.95. The van der Waals surface area contributed by atoms with E-state index in [9.17, 15) is 4.79 Å². The Hall–Kier alpha value is -2.60. The van der Waals surface area contributed by atoms with Gasteiger partial charge in [-0.1, -0.05) is 29.8 Å². The molecule has 0 fully saturated rings. The average molecular weight is 344 g/mol. The minimum atomic E-state index is -0.176. The van der Waals surface area contributed by atoms with E-state index in [1.54, 1.807) is 22.6 Å². The summed E-state index contributed by atoms with van der Waals surface area (Å²) in [5.41, 5.74) is 3.75. The van der Waals surface area contributed by atoms with Gasteiger partial charge in [0.1, 0.15) is 0 Å². The van der Waals surface area contributed by atoms with Crippen molar-refractivity contribution in [2.24, 2.45) is 7.05 Å². The summed E-state index contributed by atoms with van der Waals surface area (Å²) in [7, 11) is 1.79. The first-order valence-corrected chi connectivity index (χ1v) is 7.93. The summed E-state index contributed by atoms with van der Waals surface area (Å²) >= 11 is 6.07. The van der Waals surface area contributed by atoms with E-state index in [-0.39, 0.29) is 5.91 Å². The predicted molar refractivity (Wildman–Crippen MR) is 92.4 cm³/mol. The Morgan fingerprint density at radius 3 is 2.58 bits per heavy atom. The van der Waals surface area contributed by atoms with Crippen LogP contribution in [0.5, 0.6) is 0 Å². The second kappa shape index (κ2) is 6.49. The standard InChI is InChI=1S/C17H18ClN5O/c1-11-16(12(2)23(21-11)13-7-5-4-6-8-13)17(24)19-10-15-14(18)9-20-22(15)3/h4-9H,10H2,1-3H3,(H,19,24). The van der Waals surface area contributed by atoms with Gasteiger partial charge < -0.3 is 5.32 Å². The monoisotopic (exact) mass is 343 g/mol. The fraction of sp³-hybridized carbons (Fsp3) is 0.235. The normalized spacial score (nSPS) is 10.8. The molecule has 2 heterocycles. The van der Waals surface area contributed by atoms with Crippen LogP contribution in [-0.2, 0) is 13.6 Å². The first-order valence-electron chi connectivity index (χ1n) is 7.55. The lowest BCUT2D eigenvalue weighted by Crippen LogP contribution is -2.25. The van der Waals surface area contributed by atoms with E-state index in [1.807, 2.05) is 44.2 Å². The molecule has 0 aliphatic heterocycles. The SMILES string of the molecule is Cc1nn(-c2ccccc2)c(C)c1C(=O)NCc1c(Cl)cnn1C. The molecule has 1 N–H and O–H groups in total. The lowest BCUT2D eigenvalue weighted by Gasteiger charge is -2.07. The molecule has 0 radical (unpaired) electrons. The molecule has 1 aromatic carbocycles. The van der Waals surface area contributed by atoms with Crippen LogP contribution in [-0.4, -0.2) is 25.5 Å². The zero-order chi connectivity index (χ0) is 17.3. The molecule has 0 unspecified atom stereocenters. The van der Waals surface area contributed by atoms with Gasteiger partial charge in [-0.15, -0.1) is 0 Å². The van der Waals surface area contributed by atoms with Crippen molar-refractivity contribution in [3.05, 3.63) is 64.2 Å². The Morgan fingerprint density at radius 1 is 1.25 bits per heavy atom. The van der Waals surface area contributed by atoms with Crippen LogP contribution in [0.2, 0.25) is 5.02 Å². The smallest absolute Gasteiger partial charge is 0.255 e. The van der Waals surface area contributed by atoms with Crippen molar-refractivity contribution in [2.45, 2.75) is 20.4 Å². The van der Waals surface area contributed by atoms with Crippen molar-refractivity contribution in [3.63, 3.8) is 0 Å². The molecule has 2 aromatic heterocycles. The Morgan fingerprint density at radius 2 is 1.96 bits per heavy atom. The van der Waals surface area contributed by atoms with Crippen molar-refractivity contribution in [3.8, 4) is 5.69 Å². The maximum atomic E-state index is 12.6. The molecule has 0 saturated carbocycles. The third kappa shape index (κ3) is 2.92. The Balaban J connectivity index is 1.84. The van der Waals surface area contributed by atoms with Gasteiger partial charge in [-0.3, -0.25) is 9.48 Å². The molecule has 124 valence electrons. The van der Waals surface area contributed by atoms with Gasteiger partial charge in [0.05, 0.1) is 46.1 Å². The summed E-state index contributed by atoms with van der Waals surface area (Å²) in [5.74, 6) is -0.176. The summed E-state index contributed by atoms with van der Waals surface area (Å²) in [4.78, 5) is 12.6. The molecule has 3 aromatic rings. The highest BCUT2D eigenvalue weighted by Gasteiger charge is 2.20. The van der Waals surface area contributed by atoms with Gasteiger partial charge in [-0.25, -0.2) is 4.68 Å². The number of hydrogen-bond acceptors (Lipinski definition) is 3. The summed E-state index contributed by atoms with van der Waals surface area (Å²) in [5, 5.41) is 12.0. The number of carbonyl (C=O) groups excluding carboxylic acids is 1. The van der Waals surface area contributed by atoms with E-state index in [1.165, 1.54) is 0 Å². The Kier molecular flexibility index (Phi) is 4.40. The highest BCUT2D eigenvalue weighted by molar-refractivity contribution is 6.31. The molecular formula is C17H18ClN5O. The molecule has 0 aliphatic carbocycles. The zero-order valence-electron chi connectivity index (χ0n) is 13.7. The van der Waals surface area contributed by atoms with Crippen molar-refractivity contribution >= 4 is 17.5 Å². The van der Waals surface area contributed by atoms with E-state index in [0.29, 0.717) is 22.8 Å². The van der Waals surface area contributed by atoms with Crippen LogP contribution in [0.4, 0.5) is 0 Å². The van der Waals surface area contributed by atoms with E-state index in [2.05, 4.69) is 15.5 Å². The molecule has 3 rings (SSSR count). The topological polar surface area (TPSA) is 64.7 Å². The molecule has 0 saturated heterocycles. The number of aromatic nitrogens is 4. The summed E-state index contributed by atoms with van der Waals surface area (Å²) in [6.07, 6.45) is 1.56. The summed E-state index contributed by atoms with van der Waals surface area (Å²) < 4.78 is 3.43. The molecule has 6 nitrogen and oxygen atoms in total. The van der Waals surface area contributed by atoms with Crippen molar-refractivity contribution < 1.29 is 4.79 Å². The van der Waals surface area contributed by atoms with Crippen LogP contribution >= 0.6 is 11.6 Å². The van der Waals surface area contributed by atoms with Crippen LogP contribution in [0.25, 0.3) is 5.69 Å². The van der Waals surface area contributed by atoms with Crippen LogP contribution in [0, 0.1) is 13.8 Å². The van der Waals surface area contributed by atoms with Gasteiger partial charge in [0.2, 0.25) is 0 Å². The largest absolute Gasteiger partial charge is 0.346 e. The number of nitrogens with one attached hydrogen (secondary N) is 1. The Labute approximate surface area is 145 Å². The molecule has 1 amide bonds. The minimum absolute atomic E-state index is 0.176. The average Bonchev–Trinajstić information content (AvgIpc) is 3.05. The molecule has 7 heteroatoms. The number of aryl methyl sites for hydroxylation is 2. The highest BCUT2D eigenvalue weighted by Crippen LogP contribution is 2.18. The van der Waals surface area contributed by atoms with E-state index < -0.39 is 0 Å². The van der Waals surface area contributed by atoms with Crippen LogP contribution in [0.3, 0.4) is 0 Å². The van der Waals surface area contributed by atoms with Crippen molar-refractivity contribution in [2.75, 3.05) is 0 Å². The molecular weight excluding hydrogens is 326 g/mol. The quantitative estimate of drug-likeness (QED) is 0.792. The van der Waals surface area contributed by atoms with E-state index in [4.69, 9.17) is 11.6 Å². The van der Waals surface area contributed by atoms with Gasteiger partial charge in [-0.05, 0) is 26.0 Å². The number of halogens is 1. The maximum Gasteiger partial charge on any atom is 0.255 e. The lowest BCUT2D eigenvalue weighted by atomic mass is 10.2. The number of hydrogen-bond donors (Lipinski definition) is 1. The molecule has 0 spiro atoms. The Bertz CT molecular complexity index is 863. The fourth-order valence-corrected chi connectivity index (χ4v) is 2.91. The number of amides is 1. The van der Waals surface area contributed by atoms with Gasteiger partial charge in [0.25, 0.3) is 5.91 Å². The van der Waals surface area contributed by atoms with E-state index in [0.717, 1.165) is 17.1 Å². The number of nitrogens with zero attached hydrogens (tertiary/aromatic N) is 4. The summed E-state index contributed by atoms with van der Waals surface area (Å²) in [6, 6.07) is 9.74. The van der Waals surface area contributed by atoms with Crippen molar-refractivity contribution in [1.82, 2.24) is 24.9 Å². The number of para-hydroxylation sites is 1. The fourth-order valence-electron chi connectivity index (χ4n) is 2.68. The second-order valence-electron chi connectivity index (χ2n) is 5.54. The number of carbonyl (C=O) groups is 1. The number of rotatable bonds is 4. The van der Waals surface area contributed by atoms with Crippen LogP contribution in [0.1, 0.15) is 27.4 Å². The first kappa shape index (κ1) is 16.3. The van der Waals surface area contributed by atoms with Gasteiger partial charge in [-0.2, -0.15) is 10.2 Å².